The first-order valence-corrected chi connectivity index (χ1v) is 11.7. The fraction of sp³-hybridized carbons (Fsp3) is 0.417. The van der Waals surface area contributed by atoms with E-state index in [-0.39, 0.29) is 6.10 Å². The van der Waals surface area contributed by atoms with Crippen molar-refractivity contribution in [1.29, 1.82) is 0 Å². The molecule has 3 aliphatic rings. The molecule has 3 atom stereocenters. The predicted molar refractivity (Wildman–Crippen MR) is 122 cm³/mol. The molecule has 0 unspecified atom stereocenters. The maximum atomic E-state index is 6.53. The van der Waals surface area contributed by atoms with Gasteiger partial charge in [0.2, 0.25) is 0 Å². The highest BCUT2D eigenvalue weighted by atomic mass is 35.5. The molecule has 0 amide bonds. The van der Waals surface area contributed by atoms with Gasteiger partial charge in [-0.2, -0.15) is 5.10 Å². The molecule has 0 N–H and O–H groups in total. The number of hydrogen-bond acceptors (Lipinski definition) is 4. The van der Waals surface area contributed by atoms with Crippen LogP contribution in [0.2, 0.25) is 10.0 Å². The molecule has 5 nitrogen and oxygen atoms in total. The molecule has 0 spiro atoms. The maximum absolute atomic E-state index is 6.53. The summed E-state index contributed by atoms with van der Waals surface area (Å²) in [4.78, 5) is 6.98. The molecule has 0 radical (unpaired) electrons. The van der Waals surface area contributed by atoms with Gasteiger partial charge in [-0.15, -0.1) is 0 Å². The lowest BCUT2D eigenvalue weighted by Crippen LogP contribution is -2.39. The van der Waals surface area contributed by atoms with Crippen molar-refractivity contribution in [3.8, 4) is 5.69 Å². The fourth-order valence-electron chi connectivity index (χ4n) is 5.25. The second kappa shape index (κ2) is 7.80. The predicted octanol–water partition coefficient (Wildman–Crippen LogP) is 5.64. The normalized spacial score (nSPS) is 24.8. The van der Waals surface area contributed by atoms with Crippen molar-refractivity contribution in [3.05, 3.63) is 70.1 Å². The number of hydrogen-bond donors (Lipinski definition) is 0. The summed E-state index contributed by atoms with van der Waals surface area (Å²) in [7, 11) is 0. The van der Waals surface area contributed by atoms with Crippen LogP contribution in [0.3, 0.4) is 0 Å². The van der Waals surface area contributed by atoms with Gasteiger partial charge in [0, 0.05) is 24.7 Å². The average molecular weight is 455 g/mol. The minimum absolute atomic E-state index is 0.266. The number of benzene rings is 1. The van der Waals surface area contributed by atoms with Gasteiger partial charge in [0.05, 0.1) is 34.6 Å². The topological polar surface area (TPSA) is 43.2 Å². The second-order valence-electron chi connectivity index (χ2n) is 8.88. The summed E-state index contributed by atoms with van der Waals surface area (Å²) in [6, 6.07) is 12.2. The third-order valence-corrected chi connectivity index (χ3v) is 7.53. The van der Waals surface area contributed by atoms with Crippen LogP contribution in [-0.4, -0.2) is 33.5 Å². The molecule has 3 heterocycles. The molecule has 2 saturated carbocycles. The Morgan fingerprint density at radius 2 is 1.87 bits per heavy atom. The molecule has 2 aliphatic carbocycles. The molecule has 160 valence electrons. The monoisotopic (exact) mass is 454 g/mol. The van der Waals surface area contributed by atoms with Gasteiger partial charge in [-0.05, 0) is 61.4 Å². The van der Waals surface area contributed by atoms with Gasteiger partial charge < -0.3 is 9.64 Å². The van der Waals surface area contributed by atoms with Gasteiger partial charge in [0.15, 0.2) is 0 Å². The number of halogens is 2. The molecule has 3 fully saturated rings. The van der Waals surface area contributed by atoms with E-state index in [2.05, 4.69) is 27.1 Å². The van der Waals surface area contributed by atoms with Crippen molar-refractivity contribution >= 4 is 29.0 Å². The van der Waals surface area contributed by atoms with E-state index in [0.717, 1.165) is 30.2 Å². The Balaban J connectivity index is 1.21. The molecular formula is C24H24Cl2N4O. The van der Waals surface area contributed by atoms with Crippen molar-refractivity contribution in [2.24, 2.45) is 5.92 Å². The van der Waals surface area contributed by atoms with E-state index >= 15 is 0 Å². The summed E-state index contributed by atoms with van der Waals surface area (Å²) in [5.41, 5.74) is 3.10. The van der Waals surface area contributed by atoms with Crippen LogP contribution in [0.25, 0.3) is 5.69 Å². The van der Waals surface area contributed by atoms with Crippen LogP contribution in [0.1, 0.15) is 42.9 Å². The quantitative estimate of drug-likeness (QED) is 0.483. The van der Waals surface area contributed by atoms with Gasteiger partial charge in [-0.25, -0.2) is 9.67 Å². The largest absolute Gasteiger partial charge is 0.371 e. The third kappa shape index (κ3) is 3.53. The highest BCUT2D eigenvalue weighted by Crippen LogP contribution is 2.45. The second-order valence-corrected chi connectivity index (χ2v) is 9.69. The molecule has 2 bridgehead atoms. The van der Waals surface area contributed by atoms with E-state index in [9.17, 15) is 0 Å². The fourth-order valence-corrected chi connectivity index (χ4v) is 5.81. The number of fused-ring (bicyclic) bond motifs is 2. The lowest BCUT2D eigenvalue weighted by Gasteiger charge is -2.32. The van der Waals surface area contributed by atoms with Crippen LogP contribution in [0.4, 0.5) is 5.82 Å². The first-order chi connectivity index (χ1) is 15.2. The highest BCUT2D eigenvalue weighted by Gasteiger charge is 2.46. The Morgan fingerprint density at radius 1 is 1.03 bits per heavy atom. The van der Waals surface area contributed by atoms with E-state index in [1.165, 1.54) is 24.8 Å². The van der Waals surface area contributed by atoms with Crippen molar-refractivity contribution in [3.63, 3.8) is 0 Å². The Hall–Kier alpha value is -2.08. The molecule has 1 saturated heterocycles. The molecule has 31 heavy (non-hydrogen) atoms. The first-order valence-electron chi connectivity index (χ1n) is 11.0. The highest BCUT2D eigenvalue weighted by molar-refractivity contribution is 6.37. The molecule has 3 aromatic rings. The van der Waals surface area contributed by atoms with E-state index in [0.29, 0.717) is 34.5 Å². The summed E-state index contributed by atoms with van der Waals surface area (Å²) in [6.45, 7) is 1.54. The maximum Gasteiger partial charge on any atom is 0.128 e. The van der Waals surface area contributed by atoms with E-state index < -0.39 is 0 Å². The summed E-state index contributed by atoms with van der Waals surface area (Å²) in [5, 5.41) is 5.87. The summed E-state index contributed by atoms with van der Waals surface area (Å²) in [6.07, 6.45) is 8.74. The Morgan fingerprint density at radius 3 is 2.55 bits per heavy atom. The standard InChI is InChI=1S/C24H24Cl2N4O/c25-19-4-3-5-20(26)24(19)30-21(18(12-28-30)15-7-8-15)14-31-22-11-17-10-16(22)13-29(17)23-6-1-2-9-27-23/h1-6,9,12,15-17,22H,7-8,10-11,13-14H2/t16-,17-,22+/m0/s1. The zero-order chi connectivity index (χ0) is 20.9. The minimum Gasteiger partial charge on any atom is -0.371 e. The lowest BCUT2D eigenvalue weighted by molar-refractivity contribution is 0.00987. The van der Waals surface area contributed by atoms with Crippen molar-refractivity contribution in [2.45, 2.75) is 50.4 Å². The lowest BCUT2D eigenvalue weighted by atomic mass is 10.1. The number of piperidine rings is 1. The number of nitrogens with zero attached hydrogens (tertiary/aromatic N) is 4. The Labute approximate surface area is 191 Å². The third-order valence-electron chi connectivity index (χ3n) is 6.92. The summed E-state index contributed by atoms with van der Waals surface area (Å²) < 4.78 is 8.43. The van der Waals surface area contributed by atoms with Crippen LogP contribution >= 0.6 is 23.2 Å². The molecule has 6 rings (SSSR count). The van der Waals surface area contributed by atoms with Gasteiger partial charge in [-0.1, -0.05) is 35.3 Å². The van der Waals surface area contributed by atoms with E-state index in [1.807, 2.05) is 41.3 Å². The van der Waals surface area contributed by atoms with Crippen LogP contribution in [0.15, 0.2) is 48.8 Å². The number of aromatic nitrogens is 3. The number of ether oxygens (including phenoxy) is 1. The van der Waals surface area contributed by atoms with Gasteiger partial charge in [0.25, 0.3) is 0 Å². The number of para-hydroxylation sites is 1. The van der Waals surface area contributed by atoms with E-state index in [1.54, 1.807) is 0 Å². The smallest absolute Gasteiger partial charge is 0.128 e. The number of anilines is 1. The van der Waals surface area contributed by atoms with Crippen LogP contribution in [-0.2, 0) is 11.3 Å². The first kappa shape index (κ1) is 19.6. The molecule has 7 heteroatoms. The SMILES string of the molecule is Clc1cccc(Cl)c1-n1ncc(C2CC2)c1CO[C@@H]1C[C@@H]2C[C@H]1CN2c1ccccn1. The summed E-state index contributed by atoms with van der Waals surface area (Å²) in [5.74, 6) is 2.20. The van der Waals surface area contributed by atoms with Crippen LogP contribution in [0, 0.1) is 5.92 Å². The summed E-state index contributed by atoms with van der Waals surface area (Å²) >= 11 is 13.0. The Kier molecular flexibility index (Phi) is 4.93. The van der Waals surface area contributed by atoms with E-state index in [4.69, 9.17) is 27.9 Å². The van der Waals surface area contributed by atoms with Gasteiger partial charge in [0.1, 0.15) is 11.5 Å². The van der Waals surface area contributed by atoms with Crippen molar-refractivity contribution in [1.82, 2.24) is 14.8 Å². The minimum atomic E-state index is 0.266. The number of pyridine rings is 1. The zero-order valence-electron chi connectivity index (χ0n) is 17.1. The number of rotatable bonds is 6. The van der Waals surface area contributed by atoms with Crippen molar-refractivity contribution < 1.29 is 4.74 Å². The van der Waals surface area contributed by atoms with Crippen LogP contribution in [0.5, 0.6) is 0 Å². The average Bonchev–Trinajstić information content (AvgIpc) is 3.24. The molecule has 1 aliphatic heterocycles. The zero-order valence-corrected chi connectivity index (χ0v) is 18.6. The molecular weight excluding hydrogens is 431 g/mol. The van der Waals surface area contributed by atoms with Crippen LogP contribution < -0.4 is 4.90 Å². The van der Waals surface area contributed by atoms with Gasteiger partial charge in [-0.3, -0.25) is 0 Å². The molecule has 1 aromatic carbocycles. The molecule has 2 aromatic heterocycles. The van der Waals surface area contributed by atoms with Crippen molar-refractivity contribution in [2.75, 3.05) is 11.4 Å². The Bertz CT molecular complexity index is 1080. The van der Waals surface area contributed by atoms with Gasteiger partial charge >= 0.3 is 0 Å².